The molecule has 0 atom stereocenters. The molecule has 32 heavy (non-hydrogen) atoms. The van der Waals surface area contributed by atoms with Crippen molar-refractivity contribution in [3.63, 3.8) is 0 Å². The van der Waals surface area contributed by atoms with E-state index in [1.54, 1.807) is 22.1 Å². The lowest BCUT2D eigenvalue weighted by atomic mass is 9.91. The number of carbonyl (C=O) groups is 2. The fourth-order valence-electron chi connectivity index (χ4n) is 3.61. The Kier molecular flexibility index (Phi) is 7.48. The van der Waals surface area contributed by atoms with Gasteiger partial charge in [0.2, 0.25) is 18.6 Å². The Balaban J connectivity index is 1.77. The first-order valence-corrected chi connectivity index (χ1v) is 11.1. The first kappa shape index (κ1) is 23.7. The van der Waals surface area contributed by atoms with Crippen LogP contribution in [-0.4, -0.2) is 41.5 Å². The van der Waals surface area contributed by atoms with E-state index in [9.17, 15) is 9.59 Å². The van der Waals surface area contributed by atoms with Crippen LogP contribution in [0.15, 0.2) is 41.0 Å². The SMILES string of the molecule is CC(C)CN(CC(=O)N(Cc1ccc2c(c1)OCO2)Cc1ccco1)C(=O)CC(C)(C)C. The van der Waals surface area contributed by atoms with Crippen LogP contribution < -0.4 is 9.47 Å². The summed E-state index contributed by atoms with van der Waals surface area (Å²) in [5.41, 5.74) is 0.779. The Morgan fingerprint density at radius 3 is 2.41 bits per heavy atom. The first-order valence-electron chi connectivity index (χ1n) is 11.1. The Morgan fingerprint density at radius 1 is 1.00 bits per heavy atom. The molecule has 0 saturated carbocycles. The van der Waals surface area contributed by atoms with E-state index in [4.69, 9.17) is 13.9 Å². The summed E-state index contributed by atoms with van der Waals surface area (Å²) in [4.78, 5) is 29.8. The van der Waals surface area contributed by atoms with Gasteiger partial charge in [-0.2, -0.15) is 0 Å². The largest absolute Gasteiger partial charge is 0.467 e. The molecule has 0 bridgehead atoms. The predicted molar refractivity (Wildman–Crippen MR) is 121 cm³/mol. The van der Waals surface area contributed by atoms with Crippen LogP contribution in [0, 0.1) is 11.3 Å². The number of nitrogens with zero attached hydrogens (tertiary/aromatic N) is 2. The van der Waals surface area contributed by atoms with Crippen LogP contribution in [-0.2, 0) is 22.7 Å². The smallest absolute Gasteiger partial charge is 0.242 e. The summed E-state index contributed by atoms with van der Waals surface area (Å²) in [6, 6.07) is 9.31. The van der Waals surface area contributed by atoms with Crippen molar-refractivity contribution in [2.24, 2.45) is 11.3 Å². The summed E-state index contributed by atoms with van der Waals surface area (Å²) in [5, 5.41) is 0. The van der Waals surface area contributed by atoms with E-state index in [1.807, 2.05) is 45.0 Å². The van der Waals surface area contributed by atoms with Gasteiger partial charge < -0.3 is 23.7 Å². The van der Waals surface area contributed by atoms with Crippen molar-refractivity contribution >= 4 is 11.8 Å². The quantitative estimate of drug-likeness (QED) is 0.573. The van der Waals surface area contributed by atoms with Gasteiger partial charge in [-0.15, -0.1) is 0 Å². The third-order valence-corrected chi connectivity index (χ3v) is 5.04. The number of hydrogen-bond donors (Lipinski definition) is 0. The number of ether oxygens (including phenoxy) is 2. The lowest BCUT2D eigenvalue weighted by Crippen LogP contribution is -2.44. The maximum absolute atomic E-state index is 13.4. The molecular formula is C25H34N2O5. The van der Waals surface area contributed by atoms with Gasteiger partial charge in [0.1, 0.15) is 5.76 Å². The van der Waals surface area contributed by atoms with Crippen molar-refractivity contribution in [3.8, 4) is 11.5 Å². The van der Waals surface area contributed by atoms with Crippen molar-refractivity contribution in [1.82, 2.24) is 9.80 Å². The lowest BCUT2D eigenvalue weighted by molar-refractivity contribution is -0.142. The van der Waals surface area contributed by atoms with Crippen molar-refractivity contribution in [2.45, 2.75) is 54.1 Å². The van der Waals surface area contributed by atoms with Crippen LogP contribution in [0.5, 0.6) is 11.5 Å². The van der Waals surface area contributed by atoms with Crippen molar-refractivity contribution in [2.75, 3.05) is 19.9 Å². The van der Waals surface area contributed by atoms with Gasteiger partial charge in [-0.25, -0.2) is 0 Å². The van der Waals surface area contributed by atoms with Crippen molar-refractivity contribution < 1.29 is 23.5 Å². The number of furan rings is 1. The first-order chi connectivity index (χ1) is 15.1. The summed E-state index contributed by atoms with van der Waals surface area (Å²) < 4.78 is 16.4. The molecule has 0 N–H and O–H groups in total. The molecule has 0 fully saturated rings. The van der Waals surface area contributed by atoms with E-state index in [0.717, 1.165) is 5.56 Å². The average molecular weight is 443 g/mol. The second-order valence-electron chi connectivity index (χ2n) is 9.92. The van der Waals surface area contributed by atoms with Gasteiger partial charge in [0, 0.05) is 19.5 Å². The molecule has 1 aromatic heterocycles. The highest BCUT2D eigenvalue weighted by molar-refractivity contribution is 5.85. The van der Waals surface area contributed by atoms with Crippen LogP contribution in [0.25, 0.3) is 0 Å². The summed E-state index contributed by atoms with van der Waals surface area (Å²) in [7, 11) is 0. The standard InChI is InChI=1S/C25H34N2O5/c1-18(2)13-26(23(28)12-25(3,4)5)16-24(29)27(15-20-7-6-10-30-20)14-19-8-9-21-22(11-19)32-17-31-21/h6-11,18H,12-17H2,1-5H3. The average Bonchev–Trinajstić information content (AvgIpc) is 3.36. The fraction of sp³-hybridized carbons (Fsp3) is 0.520. The molecule has 7 heteroatoms. The molecule has 2 amide bonds. The zero-order valence-corrected chi connectivity index (χ0v) is 19.7. The third-order valence-electron chi connectivity index (χ3n) is 5.04. The predicted octanol–water partition coefficient (Wildman–Crippen LogP) is 4.46. The van der Waals surface area contributed by atoms with Gasteiger partial charge in [0.15, 0.2) is 11.5 Å². The molecule has 0 radical (unpaired) electrons. The maximum atomic E-state index is 13.4. The number of carbonyl (C=O) groups excluding carboxylic acids is 2. The Morgan fingerprint density at radius 2 is 1.75 bits per heavy atom. The van der Waals surface area contributed by atoms with Gasteiger partial charge in [-0.05, 0) is 41.2 Å². The van der Waals surface area contributed by atoms with E-state index >= 15 is 0 Å². The van der Waals surface area contributed by atoms with Gasteiger partial charge in [-0.3, -0.25) is 9.59 Å². The molecule has 3 rings (SSSR count). The number of hydrogen-bond acceptors (Lipinski definition) is 5. The monoisotopic (exact) mass is 442 g/mol. The lowest BCUT2D eigenvalue weighted by Gasteiger charge is -2.30. The van der Waals surface area contributed by atoms with E-state index in [2.05, 4.69) is 13.8 Å². The minimum absolute atomic E-state index is 0.000535. The highest BCUT2D eigenvalue weighted by atomic mass is 16.7. The van der Waals surface area contributed by atoms with Crippen LogP contribution in [0.1, 0.15) is 52.4 Å². The molecule has 0 aliphatic carbocycles. The summed E-state index contributed by atoms with van der Waals surface area (Å²) >= 11 is 0. The molecule has 0 spiro atoms. The zero-order valence-electron chi connectivity index (χ0n) is 19.7. The van der Waals surface area contributed by atoms with Gasteiger partial charge in [-0.1, -0.05) is 40.7 Å². The van der Waals surface area contributed by atoms with Crippen molar-refractivity contribution in [3.05, 3.63) is 47.9 Å². The molecule has 0 unspecified atom stereocenters. The van der Waals surface area contributed by atoms with Crippen LogP contribution in [0.2, 0.25) is 0 Å². The van der Waals surface area contributed by atoms with E-state index in [-0.39, 0.29) is 36.5 Å². The highest BCUT2D eigenvalue weighted by Crippen LogP contribution is 2.33. The van der Waals surface area contributed by atoms with Crippen LogP contribution in [0.3, 0.4) is 0 Å². The molecule has 1 aromatic carbocycles. The molecule has 0 saturated heterocycles. The molecule has 2 heterocycles. The Labute approximate surface area is 190 Å². The van der Waals surface area contributed by atoms with E-state index in [1.165, 1.54) is 0 Å². The highest BCUT2D eigenvalue weighted by Gasteiger charge is 2.26. The van der Waals surface area contributed by atoms with Crippen LogP contribution >= 0.6 is 0 Å². The fourth-order valence-corrected chi connectivity index (χ4v) is 3.61. The van der Waals surface area contributed by atoms with E-state index in [0.29, 0.717) is 43.3 Å². The molecule has 2 aromatic rings. The molecule has 7 nitrogen and oxygen atoms in total. The van der Waals surface area contributed by atoms with E-state index < -0.39 is 0 Å². The summed E-state index contributed by atoms with van der Waals surface area (Å²) in [6.07, 6.45) is 1.99. The normalized spacial score (nSPS) is 12.8. The van der Waals surface area contributed by atoms with Gasteiger partial charge in [0.05, 0.1) is 19.4 Å². The molecule has 1 aliphatic heterocycles. The zero-order chi connectivity index (χ0) is 23.3. The topological polar surface area (TPSA) is 72.2 Å². The minimum atomic E-state index is -0.143. The maximum Gasteiger partial charge on any atom is 0.242 e. The third kappa shape index (κ3) is 6.77. The second kappa shape index (κ2) is 10.1. The van der Waals surface area contributed by atoms with Gasteiger partial charge in [0.25, 0.3) is 0 Å². The number of rotatable bonds is 9. The minimum Gasteiger partial charge on any atom is -0.467 e. The van der Waals surface area contributed by atoms with Crippen molar-refractivity contribution in [1.29, 1.82) is 0 Å². The molecular weight excluding hydrogens is 408 g/mol. The molecule has 1 aliphatic rings. The summed E-state index contributed by atoms with van der Waals surface area (Å²) in [5.74, 6) is 2.21. The van der Waals surface area contributed by atoms with Crippen LogP contribution in [0.4, 0.5) is 0 Å². The summed E-state index contributed by atoms with van der Waals surface area (Å²) in [6.45, 7) is 11.7. The Bertz CT molecular complexity index is 915. The number of fused-ring (bicyclic) bond motifs is 1. The molecule has 174 valence electrons. The number of benzene rings is 1. The Hall–Kier alpha value is -2.96. The van der Waals surface area contributed by atoms with Gasteiger partial charge >= 0.3 is 0 Å². The second-order valence-corrected chi connectivity index (χ2v) is 9.92. The number of amides is 2.